The van der Waals surface area contributed by atoms with Crippen LogP contribution in [-0.2, 0) is 20.0 Å². The maximum Gasteiger partial charge on any atom is 0.168 e. The molecule has 2 aromatic heterocycles. The van der Waals surface area contributed by atoms with Crippen molar-refractivity contribution in [2.24, 2.45) is 7.05 Å². The van der Waals surface area contributed by atoms with E-state index in [9.17, 15) is 4.79 Å². The molecule has 5 rings (SSSR count). The number of carbonyl (C=O) groups excluding carboxylic acids is 1. The van der Waals surface area contributed by atoms with Crippen LogP contribution >= 0.6 is 0 Å². The molecule has 0 bridgehead atoms. The average molecular weight is 441 g/mol. The lowest BCUT2D eigenvalue weighted by molar-refractivity contribution is 0.0991. The number of likely N-dealkylation sites (N-methyl/N-ethyl adjacent to an activating group) is 1. The van der Waals surface area contributed by atoms with Gasteiger partial charge >= 0.3 is 0 Å². The van der Waals surface area contributed by atoms with Gasteiger partial charge in [0.15, 0.2) is 5.78 Å². The minimum Gasteiger partial charge on any atom is -0.304 e. The van der Waals surface area contributed by atoms with Crippen molar-refractivity contribution < 1.29 is 4.79 Å². The van der Waals surface area contributed by atoms with Crippen LogP contribution in [-0.4, -0.2) is 68.8 Å². The molecule has 168 valence electrons. The van der Waals surface area contributed by atoms with Gasteiger partial charge in [-0.15, -0.1) is 0 Å². The van der Waals surface area contributed by atoms with Crippen molar-refractivity contribution in [2.45, 2.75) is 13.0 Å². The Morgan fingerprint density at radius 3 is 2.58 bits per heavy atom. The number of benzene rings is 2. The van der Waals surface area contributed by atoms with Crippen LogP contribution in [0.5, 0.6) is 0 Å². The number of carbonyl (C=O) groups is 1. The Bertz CT molecular complexity index is 1290. The number of hydrogen-bond donors (Lipinski definition) is 0. The Hall–Kier alpha value is -3.42. The van der Waals surface area contributed by atoms with Crippen LogP contribution in [0.15, 0.2) is 60.9 Å². The Labute approximate surface area is 193 Å². The van der Waals surface area contributed by atoms with E-state index in [0.29, 0.717) is 5.69 Å². The van der Waals surface area contributed by atoms with Gasteiger partial charge in [-0.05, 0) is 42.4 Å². The van der Waals surface area contributed by atoms with Gasteiger partial charge in [0.25, 0.3) is 0 Å². The molecule has 1 saturated heterocycles. The first-order valence-corrected chi connectivity index (χ1v) is 11.3. The molecule has 1 aliphatic heterocycles. The van der Waals surface area contributed by atoms with E-state index in [1.54, 1.807) is 4.68 Å². The maximum atomic E-state index is 13.0. The number of rotatable bonds is 6. The van der Waals surface area contributed by atoms with Gasteiger partial charge in [0.1, 0.15) is 0 Å². The smallest absolute Gasteiger partial charge is 0.168 e. The van der Waals surface area contributed by atoms with Gasteiger partial charge in [-0.25, -0.2) is 0 Å². The number of piperazine rings is 1. The summed E-state index contributed by atoms with van der Waals surface area (Å²) in [4.78, 5) is 17.8. The average Bonchev–Trinajstić information content (AvgIpc) is 3.26. The summed E-state index contributed by atoms with van der Waals surface area (Å²) in [6, 6.07) is 16.0. The SMILES string of the molecule is CN1CCN(Cc2cccc(C(=O)Cc3cc4cc(-c5cnn(C)c5)ccc4nn3)c2)CC1. The summed E-state index contributed by atoms with van der Waals surface area (Å²) in [5, 5.41) is 13.9. The van der Waals surface area contributed by atoms with Gasteiger partial charge in [-0.2, -0.15) is 15.3 Å². The van der Waals surface area contributed by atoms with E-state index in [1.807, 2.05) is 55.8 Å². The summed E-state index contributed by atoms with van der Waals surface area (Å²) in [7, 11) is 4.06. The van der Waals surface area contributed by atoms with Gasteiger partial charge in [-0.1, -0.05) is 24.3 Å². The minimum atomic E-state index is 0.0623. The molecule has 1 aliphatic rings. The first-order chi connectivity index (χ1) is 16.0. The molecule has 0 saturated carbocycles. The molecule has 7 heteroatoms. The fourth-order valence-electron chi connectivity index (χ4n) is 4.30. The summed E-state index contributed by atoms with van der Waals surface area (Å²) in [5.41, 5.74) is 5.51. The molecule has 4 aromatic rings. The van der Waals surface area contributed by atoms with Crippen LogP contribution in [0.25, 0.3) is 22.0 Å². The van der Waals surface area contributed by atoms with Crippen molar-refractivity contribution in [2.75, 3.05) is 33.2 Å². The van der Waals surface area contributed by atoms with Gasteiger partial charge in [0, 0.05) is 62.5 Å². The molecule has 0 atom stereocenters. The van der Waals surface area contributed by atoms with Crippen LogP contribution in [0, 0.1) is 0 Å². The van der Waals surface area contributed by atoms with Crippen molar-refractivity contribution in [3.8, 4) is 11.1 Å². The summed E-state index contributed by atoms with van der Waals surface area (Å²) < 4.78 is 1.78. The summed E-state index contributed by atoms with van der Waals surface area (Å²) >= 11 is 0. The number of Topliss-reactive ketones (excluding diaryl/α,β-unsaturated/α-hetero) is 1. The molecule has 33 heavy (non-hydrogen) atoms. The highest BCUT2D eigenvalue weighted by atomic mass is 16.1. The molecular weight excluding hydrogens is 412 g/mol. The van der Waals surface area contributed by atoms with Crippen molar-refractivity contribution in [1.29, 1.82) is 0 Å². The lowest BCUT2D eigenvalue weighted by Gasteiger charge is -2.32. The molecule has 3 heterocycles. The lowest BCUT2D eigenvalue weighted by Crippen LogP contribution is -2.43. The molecule has 0 N–H and O–H groups in total. The van der Waals surface area contributed by atoms with Crippen LogP contribution < -0.4 is 0 Å². The lowest BCUT2D eigenvalue weighted by atomic mass is 10.0. The molecule has 7 nitrogen and oxygen atoms in total. The van der Waals surface area contributed by atoms with E-state index < -0.39 is 0 Å². The van der Waals surface area contributed by atoms with E-state index in [1.165, 1.54) is 5.56 Å². The number of fused-ring (bicyclic) bond motifs is 1. The Morgan fingerprint density at radius 2 is 1.79 bits per heavy atom. The molecule has 0 spiro atoms. The summed E-state index contributed by atoms with van der Waals surface area (Å²) in [6.45, 7) is 5.16. The first kappa shape index (κ1) is 21.4. The topological polar surface area (TPSA) is 67.2 Å². The standard InChI is InChI=1S/C26H28N6O/c1-30-8-10-32(11-9-30)17-19-4-3-5-21(12-19)26(33)15-24-14-22-13-20(6-7-25(22)29-28-24)23-16-27-31(2)18-23/h3-7,12-14,16,18H,8-11,15,17H2,1-2H3. The minimum absolute atomic E-state index is 0.0623. The molecule has 0 radical (unpaired) electrons. The van der Waals surface area contributed by atoms with Gasteiger partial charge in [0.05, 0.1) is 23.8 Å². The van der Waals surface area contributed by atoms with Crippen molar-refractivity contribution >= 4 is 16.7 Å². The van der Waals surface area contributed by atoms with Crippen molar-refractivity contribution in [3.05, 3.63) is 77.7 Å². The second-order valence-corrected chi connectivity index (χ2v) is 8.89. The van der Waals surface area contributed by atoms with Gasteiger partial charge < -0.3 is 4.90 Å². The number of hydrogen-bond acceptors (Lipinski definition) is 6. The highest BCUT2D eigenvalue weighted by Gasteiger charge is 2.15. The number of nitrogens with zero attached hydrogens (tertiary/aromatic N) is 6. The fraction of sp³-hybridized carbons (Fsp3) is 0.308. The quantitative estimate of drug-likeness (QED) is 0.429. The molecule has 1 fully saturated rings. The normalized spacial score (nSPS) is 15.2. The monoisotopic (exact) mass is 440 g/mol. The van der Waals surface area contributed by atoms with Gasteiger partial charge in [0.2, 0.25) is 0 Å². The molecule has 0 aliphatic carbocycles. The second kappa shape index (κ2) is 9.21. The Kier molecular flexibility index (Phi) is 5.98. The van der Waals surface area contributed by atoms with Gasteiger partial charge in [-0.3, -0.25) is 14.4 Å². The van der Waals surface area contributed by atoms with Crippen molar-refractivity contribution in [1.82, 2.24) is 29.8 Å². The molecule has 0 amide bonds. The van der Waals surface area contributed by atoms with E-state index in [-0.39, 0.29) is 12.2 Å². The third-order valence-corrected chi connectivity index (χ3v) is 6.27. The predicted octanol–water partition coefficient (Wildman–Crippen LogP) is 3.20. The van der Waals surface area contributed by atoms with E-state index in [2.05, 4.69) is 44.3 Å². The predicted molar refractivity (Wildman–Crippen MR) is 129 cm³/mol. The fourth-order valence-corrected chi connectivity index (χ4v) is 4.30. The number of aryl methyl sites for hydroxylation is 1. The number of ketones is 1. The van der Waals surface area contributed by atoms with Crippen molar-refractivity contribution in [3.63, 3.8) is 0 Å². The molecule has 2 aromatic carbocycles. The maximum absolute atomic E-state index is 13.0. The third kappa shape index (κ3) is 4.99. The summed E-state index contributed by atoms with van der Waals surface area (Å²) in [6.07, 6.45) is 4.06. The highest BCUT2D eigenvalue weighted by molar-refractivity contribution is 5.97. The zero-order valence-corrected chi connectivity index (χ0v) is 19.1. The van der Waals surface area contributed by atoms with E-state index in [4.69, 9.17) is 0 Å². The molecule has 0 unspecified atom stereocenters. The summed E-state index contributed by atoms with van der Waals surface area (Å²) in [5.74, 6) is 0.0623. The van der Waals surface area contributed by atoms with Crippen LogP contribution in [0.1, 0.15) is 21.6 Å². The van der Waals surface area contributed by atoms with E-state index >= 15 is 0 Å². The number of aromatic nitrogens is 4. The zero-order valence-electron chi connectivity index (χ0n) is 19.1. The first-order valence-electron chi connectivity index (χ1n) is 11.3. The van der Waals surface area contributed by atoms with Crippen LogP contribution in [0.2, 0.25) is 0 Å². The third-order valence-electron chi connectivity index (χ3n) is 6.27. The zero-order chi connectivity index (χ0) is 22.8. The molecular formula is C26H28N6O. The van der Waals surface area contributed by atoms with Crippen LogP contribution in [0.3, 0.4) is 0 Å². The van der Waals surface area contributed by atoms with E-state index in [0.717, 1.165) is 60.3 Å². The highest BCUT2D eigenvalue weighted by Crippen LogP contribution is 2.23. The Morgan fingerprint density at radius 1 is 0.939 bits per heavy atom. The largest absolute Gasteiger partial charge is 0.304 e. The Balaban J connectivity index is 1.31. The van der Waals surface area contributed by atoms with Crippen LogP contribution in [0.4, 0.5) is 0 Å². The second-order valence-electron chi connectivity index (χ2n) is 8.89.